The van der Waals surface area contributed by atoms with Crippen LogP contribution in [0.1, 0.15) is 63.2 Å². The number of carboxylic acid groups (broad SMARTS) is 1. The van der Waals surface area contributed by atoms with Crippen molar-refractivity contribution in [2.75, 3.05) is 4.90 Å². The Bertz CT molecular complexity index is 1240. The van der Waals surface area contributed by atoms with E-state index in [9.17, 15) is 22.8 Å². The Kier molecular flexibility index (Phi) is 10.9. The number of nitrogens with one attached hydrogen (secondary N) is 1. The Labute approximate surface area is 230 Å². The average Bonchev–Trinajstić information content (AvgIpc) is 3.42. The quantitative estimate of drug-likeness (QED) is 0.356. The Morgan fingerprint density at radius 1 is 1.07 bits per heavy atom. The summed E-state index contributed by atoms with van der Waals surface area (Å²) in [6.45, 7) is 9.73. The molecule has 0 aliphatic rings. The first-order valence-corrected chi connectivity index (χ1v) is 12.3. The van der Waals surface area contributed by atoms with Gasteiger partial charge in [0, 0.05) is 29.2 Å². The number of furan rings is 1. The van der Waals surface area contributed by atoms with E-state index >= 15 is 0 Å². The van der Waals surface area contributed by atoms with Crippen LogP contribution in [0.4, 0.5) is 18.9 Å². The van der Waals surface area contributed by atoms with Crippen LogP contribution in [0.2, 0.25) is 0 Å². The number of hydrogen-bond donors (Lipinski definition) is 2. The molecule has 0 radical (unpaired) electrons. The number of carboxylic acids is 1. The van der Waals surface area contributed by atoms with Crippen molar-refractivity contribution in [3.8, 4) is 5.75 Å². The van der Waals surface area contributed by atoms with Gasteiger partial charge in [-0.3, -0.25) is 19.5 Å². The lowest BCUT2D eigenvalue weighted by atomic mass is 10.0. The van der Waals surface area contributed by atoms with E-state index in [4.69, 9.17) is 19.1 Å². The Morgan fingerprint density at radius 2 is 1.70 bits per heavy atom. The summed E-state index contributed by atoms with van der Waals surface area (Å²) in [4.78, 5) is 41.6. The minimum absolute atomic E-state index is 0.0670. The van der Waals surface area contributed by atoms with Crippen LogP contribution in [0.25, 0.3) is 0 Å². The second-order valence-corrected chi connectivity index (χ2v) is 9.71. The topological polar surface area (TPSA) is 122 Å². The molecule has 3 aromatic rings. The van der Waals surface area contributed by atoms with Gasteiger partial charge in [-0.05, 0) is 76.6 Å². The number of pyridine rings is 1. The molecule has 0 aliphatic carbocycles. The highest BCUT2D eigenvalue weighted by atomic mass is 19.4. The number of aliphatic carboxylic acids is 1. The van der Waals surface area contributed by atoms with Crippen molar-refractivity contribution in [1.29, 1.82) is 0 Å². The lowest BCUT2D eigenvalue weighted by Gasteiger charge is -2.33. The summed E-state index contributed by atoms with van der Waals surface area (Å²) in [6, 6.07) is 12.9. The molecule has 2 aromatic heterocycles. The molecule has 216 valence electrons. The Hall–Kier alpha value is -4.35. The van der Waals surface area contributed by atoms with Gasteiger partial charge < -0.3 is 19.6 Å². The highest BCUT2D eigenvalue weighted by Gasteiger charge is 2.38. The van der Waals surface area contributed by atoms with Crippen LogP contribution in [0, 0.1) is 0 Å². The van der Waals surface area contributed by atoms with Crippen molar-refractivity contribution in [3.05, 3.63) is 78.5 Å². The third-order valence-corrected chi connectivity index (χ3v) is 5.23. The first kappa shape index (κ1) is 31.9. The molecule has 0 bridgehead atoms. The Morgan fingerprint density at radius 3 is 2.15 bits per heavy atom. The second kappa shape index (κ2) is 13.6. The summed E-state index contributed by atoms with van der Waals surface area (Å²) in [5.41, 5.74) is 0.621. The monoisotopic (exact) mass is 563 g/mol. The first-order chi connectivity index (χ1) is 18.6. The van der Waals surface area contributed by atoms with Gasteiger partial charge in [0.05, 0.1) is 12.4 Å². The first-order valence-electron chi connectivity index (χ1n) is 12.3. The van der Waals surface area contributed by atoms with Crippen LogP contribution in [0.15, 0.2) is 71.6 Å². The fraction of sp³-hybridized carbons (Fsp3) is 0.357. The van der Waals surface area contributed by atoms with Gasteiger partial charge in [-0.25, -0.2) is 4.79 Å². The number of alkyl halides is 3. The minimum atomic E-state index is -5.08. The maximum atomic E-state index is 13.6. The number of carbonyl (C=O) groups is 3. The number of rotatable bonds is 8. The van der Waals surface area contributed by atoms with Gasteiger partial charge in [-0.15, -0.1) is 0 Å². The van der Waals surface area contributed by atoms with E-state index in [0.29, 0.717) is 17.0 Å². The van der Waals surface area contributed by atoms with Crippen LogP contribution >= 0.6 is 0 Å². The lowest BCUT2D eigenvalue weighted by molar-refractivity contribution is -0.192. The molecule has 0 aliphatic heterocycles. The van der Waals surface area contributed by atoms with Crippen LogP contribution in [-0.4, -0.2) is 45.7 Å². The lowest BCUT2D eigenvalue weighted by Crippen LogP contribution is -2.49. The van der Waals surface area contributed by atoms with E-state index in [2.05, 4.69) is 17.2 Å². The van der Waals surface area contributed by atoms with Gasteiger partial charge in [0.25, 0.3) is 5.91 Å². The number of nitrogens with zero attached hydrogens (tertiary/aromatic N) is 2. The van der Waals surface area contributed by atoms with Gasteiger partial charge in [0.15, 0.2) is 5.76 Å². The van der Waals surface area contributed by atoms with E-state index in [1.165, 1.54) is 11.2 Å². The molecule has 2 amide bonds. The molecule has 0 spiro atoms. The maximum Gasteiger partial charge on any atom is 0.490 e. The molecule has 2 unspecified atom stereocenters. The molecule has 40 heavy (non-hydrogen) atoms. The molecule has 3 rings (SSSR count). The fourth-order valence-electron chi connectivity index (χ4n) is 3.30. The molecule has 2 atom stereocenters. The minimum Gasteiger partial charge on any atom is -0.491 e. The zero-order valence-electron chi connectivity index (χ0n) is 22.7. The van der Waals surface area contributed by atoms with Crippen LogP contribution in [0.5, 0.6) is 5.75 Å². The number of ether oxygens (including phenoxy) is 1. The van der Waals surface area contributed by atoms with Crippen molar-refractivity contribution >= 4 is 23.5 Å². The standard InChI is InChI=1S/C26H31N3O4.C2HF3O2/c1-6-18(2)33-21-13-11-20(12-14-21)29(25(31)22-10-8-16-32-22)23(19-9-7-15-27-17-19)24(30)28-26(3,4)5;3-2(4,5)1(6)7/h7-18,23H,6H2,1-5H3,(H,28,30);(H,6,7). The normalized spacial score (nSPS) is 12.8. The zero-order valence-corrected chi connectivity index (χ0v) is 22.7. The molecule has 9 nitrogen and oxygen atoms in total. The number of anilines is 1. The summed E-state index contributed by atoms with van der Waals surface area (Å²) < 4.78 is 43.0. The molecule has 2 heterocycles. The van der Waals surface area contributed by atoms with E-state index in [-0.39, 0.29) is 17.8 Å². The number of halogens is 3. The molecule has 1 aromatic carbocycles. The summed E-state index contributed by atoms with van der Waals surface area (Å²) in [7, 11) is 0. The number of hydrogen-bond acceptors (Lipinski definition) is 6. The number of aromatic nitrogens is 1. The number of benzene rings is 1. The van der Waals surface area contributed by atoms with Crippen molar-refractivity contribution in [2.24, 2.45) is 0 Å². The SMILES string of the molecule is CCC(C)Oc1ccc(N(C(=O)c2ccco2)C(C(=O)NC(C)(C)C)c2cccnc2)cc1.O=C(O)C(F)(F)F. The largest absolute Gasteiger partial charge is 0.491 e. The van der Waals surface area contributed by atoms with Gasteiger partial charge in [-0.2, -0.15) is 13.2 Å². The summed E-state index contributed by atoms with van der Waals surface area (Å²) in [6.07, 6.45) is 0.513. The molecule has 2 N–H and O–H groups in total. The molecule has 0 fully saturated rings. The predicted molar refractivity (Wildman–Crippen MR) is 141 cm³/mol. The van der Waals surface area contributed by atoms with Crippen LogP contribution < -0.4 is 15.0 Å². The number of amides is 2. The average molecular weight is 564 g/mol. The molecule has 12 heteroatoms. The van der Waals surface area contributed by atoms with E-state index in [1.807, 2.05) is 27.7 Å². The molecular formula is C28H32F3N3O6. The van der Waals surface area contributed by atoms with Crippen molar-refractivity contribution in [3.63, 3.8) is 0 Å². The fourth-order valence-corrected chi connectivity index (χ4v) is 3.30. The molecular weight excluding hydrogens is 531 g/mol. The van der Waals surface area contributed by atoms with Gasteiger partial charge in [0.1, 0.15) is 11.8 Å². The van der Waals surface area contributed by atoms with Crippen molar-refractivity contribution in [2.45, 2.75) is 64.9 Å². The van der Waals surface area contributed by atoms with Gasteiger partial charge in [-0.1, -0.05) is 13.0 Å². The van der Waals surface area contributed by atoms with Crippen LogP contribution in [0.3, 0.4) is 0 Å². The highest BCUT2D eigenvalue weighted by Crippen LogP contribution is 2.31. The number of carbonyl (C=O) groups excluding carboxylic acids is 2. The van der Waals surface area contributed by atoms with Crippen LogP contribution in [-0.2, 0) is 9.59 Å². The molecule has 0 saturated carbocycles. The Balaban J connectivity index is 0.000000708. The predicted octanol–water partition coefficient (Wildman–Crippen LogP) is 5.79. The summed E-state index contributed by atoms with van der Waals surface area (Å²) >= 11 is 0. The van der Waals surface area contributed by atoms with E-state index < -0.39 is 29.6 Å². The maximum absolute atomic E-state index is 13.6. The third kappa shape index (κ3) is 9.44. The van der Waals surface area contributed by atoms with Gasteiger partial charge >= 0.3 is 12.1 Å². The van der Waals surface area contributed by atoms with E-state index in [0.717, 1.165) is 6.42 Å². The molecule has 0 saturated heterocycles. The van der Waals surface area contributed by atoms with Crippen molar-refractivity contribution < 1.29 is 41.8 Å². The highest BCUT2D eigenvalue weighted by molar-refractivity contribution is 6.08. The third-order valence-electron chi connectivity index (χ3n) is 5.23. The summed E-state index contributed by atoms with van der Waals surface area (Å²) in [5.74, 6) is -2.70. The summed E-state index contributed by atoms with van der Waals surface area (Å²) in [5, 5.41) is 10.1. The zero-order chi connectivity index (χ0) is 30.1. The van der Waals surface area contributed by atoms with E-state index in [1.54, 1.807) is 60.9 Å². The van der Waals surface area contributed by atoms with Crippen molar-refractivity contribution in [1.82, 2.24) is 10.3 Å². The second-order valence-electron chi connectivity index (χ2n) is 9.71. The smallest absolute Gasteiger partial charge is 0.490 e. The van der Waals surface area contributed by atoms with Gasteiger partial charge in [0.2, 0.25) is 5.91 Å².